The fourth-order valence-electron chi connectivity index (χ4n) is 2.31. The maximum atomic E-state index is 12.3. The van der Waals surface area contributed by atoms with Crippen LogP contribution in [0.2, 0.25) is 5.02 Å². The second-order valence-corrected chi connectivity index (χ2v) is 7.62. The molecule has 1 aromatic heterocycles. The van der Waals surface area contributed by atoms with E-state index < -0.39 is 10.0 Å². The molecular formula is C14H14ClN3O3S. The molecule has 0 saturated carbocycles. The van der Waals surface area contributed by atoms with Crippen LogP contribution in [0, 0.1) is 0 Å². The van der Waals surface area contributed by atoms with E-state index in [2.05, 4.69) is 9.97 Å². The number of nitrogens with zero attached hydrogens (tertiary/aromatic N) is 2. The molecule has 0 unspecified atom stereocenters. The zero-order valence-corrected chi connectivity index (χ0v) is 13.1. The summed E-state index contributed by atoms with van der Waals surface area (Å²) in [4.78, 5) is 18.0. The smallest absolute Gasteiger partial charge is 0.250 e. The minimum absolute atomic E-state index is 0.0599. The highest BCUT2D eigenvalue weighted by Gasteiger charge is 2.37. The Hall–Kier alpha value is -1.70. The minimum Gasteiger partial charge on any atom is -0.310 e. The molecule has 6 nitrogen and oxygen atoms in total. The average Bonchev–Trinajstić information content (AvgIpc) is 2.39. The third kappa shape index (κ3) is 3.21. The molecule has 2 heterocycles. The van der Waals surface area contributed by atoms with Gasteiger partial charge in [0.25, 0.3) is 5.56 Å². The Bertz CT molecular complexity index is 827. The highest BCUT2D eigenvalue weighted by Crippen LogP contribution is 2.28. The van der Waals surface area contributed by atoms with Gasteiger partial charge in [-0.05, 0) is 17.7 Å². The standard InChI is InChI=1S/C14H14ClN3O3S/c15-12-3-1-10(2-4-12)9-22(20,21)18-7-11(8-18)14-16-6-5-13(19)17-14/h1-6,11H,7-9H2,(H,16,17,19). The molecule has 1 N–H and O–H groups in total. The summed E-state index contributed by atoms with van der Waals surface area (Å²) < 4.78 is 26.0. The van der Waals surface area contributed by atoms with Gasteiger partial charge in [0, 0.05) is 36.3 Å². The SMILES string of the molecule is O=c1ccnc(C2CN(S(=O)(=O)Cc3ccc(Cl)cc3)C2)[nH]1. The second kappa shape index (κ2) is 5.83. The van der Waals surface area contributed by atoms with Crippen molar-refractivity contribution < 1.29 is 8.42 Å². The number of benzene rings is 1. The van der Waals surface area contributed by atoms with Crippen LogP contribution in [-0.4, -0.2) is 35.8 Å². The zero-order valence-electron chi connectivity index (χ0n) is 11.6. The van der Waals surface area contributed by atoms with Crippen molar-refractivity contribution in [2.45, 2.75) is 11.7 Å². The van der Waals surface area contributed by atoms with Crippen molar-refractivity contribution in [3.63, 3.8) is 0 Å². The molecule has 1 aliphatic rings. The first-order chi connectivity index (χ1) is 10.4. The van der Waals surface area contributed by atoms with E-state index in [4.69, 9.17) is 11.6 Å². The normalized spacial score (nSPS) is 16.4. The molecule has 1 aliphatic heterocycles. The minimum atomic E-state index is -3.37. The number of aromatic nitrogens is 2. The predicted octanol–water partition coefficient (Wildman–Crippen LogP) is 1.35. The van der Waals surface area contributed by atoms with Crippen molar-refractivity contribution in [3.8, 4) is 0 Å². The van der Waals surface area contributed by atoms with Gasteiger partial charge >= 0.3 is 0 Å². The number of sulfonamides is 1. The summed E-state index contributed by atoms with van der Waals surface area (Å²) >= 11 is 5.79. The van der Waals surface area contributed by atoms with Gasteiger partial charge in [0.2, 0.25) is 10.0 Å². The van der Waals surface area contributed by atoms with Crippen LogP contribution < -0.4 is 5.56 Å². The first kappa shape index (κ1) is 15.2. The first-order valence-corrected chi connectivity index (χ1v) is 8.70. The third-order valence-electron chi connectivity index (χ3n) is 3.58. The van der Waals surface area contributed by atoms with Gasteiger partial charge in [0.15, 0.2) is 0 Å². The Balaban J connectivity index is 1.66. The topological polar surface area (TPSA) is 83.1 Å². The number of rotatable bonds is 4. The van der Waals surface area contributed by atoms with Gasteiger partial charge in [-0.2, -0.15) is 0 Å². The van der Waals surface area contributed by atoms with E-state index in [-0.39, 0.29) is 17.2 Å². The Labute approximate surface area is 132 Å². The van der Waals surface area contributed by atoms with Crippen LogP contribution in [0.15, 0.2) is 41.3 Å². The molecule has 3 rings (SSSR count). The maximum Gasteiger partial charge on any atom is 0.250 e. The largest absolute Gasteiger partial charge is 0.310 e. The Morgan fingerprint density at radius 1 is 1.23 bits per heavy atom. The third-order valence-corrected chi connectivity index (χ3v) is 5.62. The number of aromatic amines is 1. The molecule has 0 aliphatic carbocycles. The molecule has 1 fully saturated rings. The van der Waals surface area contributed by atoms with Crippen LogP contribution in [0.4, 0.5) is 0 Å². The van der Waals surface area contributed by atoms with E-state index >= 15 is 0 Å². The molecule has 1 saturated heterocycles. The van der Waals surface area contributed by atoms with Crippen LogP contribution in [0.3, 0.4) is 0 Å². The molecule has 1 aromatic carbocycles. The van der Waals surface area contributed by atoms with Crippen molar-refractivity contribution >= 4 is 21.6 Å². The number of H-pyrrole nitrogens is 1. The number of halogens is 1. The lowest BCUT2D eigenvalue weighted by Gasteiger charge is -2.37. The highest BCUT2D eigenvalue weighted by molar-refractivity contribution is 7.88. The molecule has 8 heteroatoms. The van der Waals surface area contributed by atoms with E-state index in [0.717, 1.165) is 0 Å². The lowest BCUT2D eigenvalue weighted by Crippen LogP contribution is -2.49. The number of hydrogen-bond donors (Lipinski definition) is 1. The summed E-state index contributed by atoms with van der Waals surface area (Å²) in [6.07, 6.45) is 1.43. The maximum absolute atomic E-state index is 12.3. The van der Waals surface area contributed by atoms with Gasteiger partial charge in [0.05, 0.1) is 5.75 Å². The van der Waals surface area contributed by atoms with Gasteiger partial charge in [-0.25, -0.2) is 17.7 Å². The van der Waals surface area contributed by atoms with E-state index in [0.29, 0.717) is 29.5 Å². The summed E-state index contributed by atoms with van der Waals surface area (Å²) in [6, 6.07) is 8.08. The summed E-state index contributed by atoms with van der Waals surface area (Å²) in [5.41, 5.74) is 0.464. The monoisotopic (exact) mass is 339 g/mol. The van der Waals surface area contributed by atoms with Crippen LogP contribution >= 0.6 is 11.6 Å². The lowest BCUT2D eigenvalue weighted by atomic mass is 10.0. The van der Waals surface area contributed by atoms with Crippen LogP contribution in [-0.2, 0) is 15.8 Å². The van der Waals surface area contributed by atoms with Crippen molar-refractivity contribution in [2.24, 2.45) is 0 Å². The molecule has 0 atom stereocenters. The molecule has 0 spiro atoms. The van der Waals surface area contributed by atoms with E-state index in [1.165, 1.54) is 16.6 Å². The Morgan fingerprint density at radius 2 is 1.91 bits per heavy atom. The highest BCUT2D eigenvalue weighted by atomic mass is 35.5. The van der Waals surface area contributed by atoms with Gasteiger partial charge < -0.3 is 4.98 Å². The van der Waals surface area contributed by atoms with Crippen LogP contribution in [0.5, 0.6) is 0 Å². The second-order valence-electron chi connectivity index (χ2n) is 5.22. The molecule has 22 heavy (non-hydrogen) atoms. The van der Waals surface area contributed by atoms with Crippen molar-refractivity contribution in [1.29, 1.82) is 0 Å². The van der Waals surface area contributed by atoms with Crippen LogP contribution in [0.1, 0.15) is 17.3 Å². The molecule has 0 radical (unpaired) electrons. The van der Waals surface area contributed by atoms with Gasteiger partial charge in [-0.1, -0.05) is 23.7 Å². The summed E-state index contributed by atoms with van der Waals surface area (Å²) in [5, 5.41) is 0.573. The summed E-state index contributed by atoms with van der Waals surface area (Å²) in [5.74, 6) is 0.412. The summed E-state index contributed by atoms with van der Waals surface area (Å²) in [6.45, 7) is 0.672. The molecule has 0 amide bonds. The van der Waals surface area contributed by atoms with Gasteiger partial charge in [-0.3, -0.25) is 4.79 Å². The van der Waals surface area contributed by atoms with Crippen molar-refractivity contribution in [1.82, 2.24) is 14.3 Å². The van der Waals surface area contributed by atoms with Crippen molar-refractivity contribution in [2.75, 3.05) is 13.1 Å². The lowest BCUT2D eigenvalue weighted by molar-refractivity contribution is 0.255. The predicted molar refractivity (Wildman–Crippen MR) is 83.2 cm³/mol. The van der Waals surface area contributed by atoms with E-state index in [1.54, 1.807) is 24.3 Å². The fourth-order valence-corrected chi connectivity index (χ4v) is 4.05. The average molecular weight is 340 g/mol. The van der Waals surface area contributed by atoms with Gasteiger partial charge in [0.1, 0.15) is 5.82 Å². The number of nitrogens with one attached hydrogen (secondary N) is 1. The van der Waals surface area contributed by atoms with Crippen LogP contribution in [0.25, 0.3) is 0 Å². The Kier molecular flexibility index (Phi) is 4.03. The fraction of sp³-hybridized carbons (Fsp3) is 0.286. The summed E-state index contributed by atoms with van der Waals surface area (Å²) in [7, 11) is -3.37. The van der Waals surface area contributed by atoms with E-state index in [9.17, 15) is 13.2 Å². The zero-order chi connectivity index (χ0) is 15.7. The van der Waals surface area contributed by atoms with Crippen molar-refractivity contribution in [3.05, 3.63) is 63.3 Å². The molecular weight excluding hydrogens is 326 g/mol. The van der Waals surface area contributed by atoms with E-state index in [1.807, 2.05) is 0 Å². The molecule has 116 valence electrons. The number of hydrogen-bond acceptors (Lipinski definition) is 4. The van der Waals surface area contributed by atoms with Gasteiger partial charge in [-0.15, -0.1) is 0 Å². The first-order valence-electron chi connectivity index (χ1n) is 6.71. The quantitative estimate of drug-likeness (QED) is 0.911. The Morgan fingerprint density at radius 3 is 2.55 bits per heavy atom. The molecule has 2 aromatic rings. The molecule has 0 bridgehead atoms.